The maximum absolute atomic E-state index is 10.5. The number of aliphatic imine (C=N–C) groups is 1. The van der Waals surface area contributed by atoms with Crippen molar-refractivity contribution in [2.24, 2.45) is 4.99 Å². The van der Waals surface area contributed by atoms with E-state index in [2.05, 4.69) is 14.0 Å². The molecule has 0 rings (SSSR count). The second kappa shape index (κ2) is 5.18. The normalized spacial score (nSPS) is 15.1. The van der Waals surface area contributed by atoms with Gasteiger partial charge in [0, 0.05) is 7.11 Å². The van der Waals surface area contributed by atoms with Crippen molar-refractivity contribution in [3.05, 3.63) is 0 Å². The Balaban J connectivity index is 3.53. The molecule has 1 atom stereocenters. The van der Waals surface area contributed by atoms with Gasteiger partial charge in [0.2, 0.25) is 6.08 Å². The van der Waals surface area contributed by atoms with Crippen LogP contribution in [0.3, 0.4) is 0 Å². The van der Waals surface area contributed by atoms with Crippen LogP contribution in [0.15, 0.2) is 4.99 Å². The molecule has 0 fully saturated rings. The Morgan fingerprint density at radius 3 is 2.82 bits per heavy atom. The Bertz CT molecular complexity index is 199. The van der Waals surface area contributed by atoms with Crippen LogP contribution in [-0.2, 0) is 18.4 Å². The van der Waals surface area contributed by atoms with Gasteiger partial charge in [-0.15, -0.1) is 0 Å². The van der Waals surface area contributed by atoms with Crippen molar-refractivity contribution in [2.75, 3.05) is 20.3 Å². The van der Waals surface area contributed by atoms with Gasteiger partial charge < -0.3 is 4.89 Å². The first-order valence-corrected chi connectivity index (χ1v) is 4.18. The van der Waals surface area contributed by atoms with E-state index in [9.17, 15) is 9.36 Å². The minimum Gasteiger partial charge on any atom is -0.303 e. The number of phosphoric ester groups is 1. The van der Waals surface area contributed by atoms with Crippen molar-refractivity contribution < 1.29 is 23.3 Å². The highest BCUT2D eigenvalue weighted by molar-refractivity contribution is 7.47. The van der Waals surface area contributed by atoms with E-state index in [1.165, 1.54) is 6.08 Å². The zero-order chi connectivity index (χ0) is 8.74. The van der Waals surface area contributed by atoms with Gasteiger partial charge in [-0.25, -0.2) is 14.4 Å². The molecular weight excluding hydrogens is 173 g/mol. The minimum atomic E-state index is -3.90. The summed E-state index contributed by atoms with van der Waals surface area (Å²) in [6.07, 6.45) is 1.25. The summed E-state index contributed by atoms with van der Waals surface area (Å²) in [5.74, 6) is 0. The molecule has 1 unspecified atom stereocenters. The largest absolute Gasteiger partial charge is 0.471 e. The fraction of sp³-hybridized carbons (Fsp3) is 0.750. The summed E-state index contributed by atoms with van der Waals surface area (Å²) in [6.45, 7) is -0.145. The van der Waals surface area contributed by atoms with Crippen LogP contribution in [0, 0.1) is 0 Å². The second-order valence-corrected chi connectivity index (χ2v) is 3.02. The van der Waals surface area contributed by atoms with Crippen molar-refractivity contribution in [1.29, 1.82) is 0 Å². The third-order valence-corrected chi connectivity index (χ3v) is 1.72. The molecule has 0 aliphatic rings. The molecule has 6 nitrogen and oxygen atoms in total. The fourth-order valence-corrected chi connectivity index (χ4v) is 0.718. The number of isocyanates is 1. The number of carbonyl (C=O) groups excluding carboxylic acids is 1. The van der Waals surface area contributed by atoms with Crippen LogP contribution in [0.5, 0.6) is 0 Å². The lowest BCUT2D eigenvalue weighted by Crippen LogP contribution is -1.97. The lowest BCUT2D eigenvalue weighted by Gasteiger charge is -2.06. The van der Waals surface area contributed by atoms with Gasteiger partial charge in [-0.3, -0.25) is 9.05 Å². The van der Waals surface area contributed by atoms with E-state index >= 15 is 0 Å². The summed E-state index contributed by atoms with van der Waals surface area (Å²) in [6, 6.07) is 0. The molecule has 0 saturated heterocycles. The highest BCUT2D eigenvalue weighted by Gasteiger charge is 2.16. The number of nitrogens with zero attached hydrogens (tertiary/aromatic N) is 1. The van der Waals surface area contributed by atoms with Crippen LogP contribution in [0.4, 0.5) is 0 Å². The van der Waals surface area contributed by atoms with E-state index in [4.69, 9.17) is 4.89 Å². The molecule has 0 amide bonds. The Morgan fingerprint density at radius 2 is 2.36 bits per heavy atom. The van der Waals surface area contributed by atoms with Crippen molar-refractivity contribution in [3.63, 3.8) is 0 Å². The van der Waals surface area contributed by atoms with Crippen molar-refractivity contribution in [1.82, 2.24) is 0 Å². The predicted molar refractivity (Wildman–Crippen MR) is 35.8 cm³/mol. The Morgan fingerprint density at radius 1 is 1.73 bits per heavy atom. The summed E-state index contributed by atoms with van der Waals surface area (Å²) in [7, 11) is -2.86. The molecule has 0 aliphatic heterocycles. The third kappa shape index (κ3) is 5.91. The minimum absolute atomic E-state index is 0.00257. The molecule has 0 bridgehead atoms. The number of phosphoric acid groups is 1. The maximum Gasteiger partial charge on any atom is 0.471 e. The molecule has 7 heteroatoms. The number of hydrogen-bond acceptors (Lipinski definition) is 5. The van der Waals surface area contributed by atoms with Gasteiger partial charge in [-0.1, -0.05) is 0 Å². The van der Waals surface area contributed by atoms with Crippen LogP contribution in [0.1, 0.15) is 0 Å². The van der Waals surface area contributed by atoms with Gasteiger partial charge in [0.05, 0.1) is 13.2 Å². The van der Waals surface area contributed by atoms with E-state index in [0.29, 0.717) is 0 Å². The number of rotatable bonds is 5. The molecule has 0 spiro atoms. The van der Waals surface area contributed by atoms with Gasteiger partial charge in [-0.05, 0) is 0 Å². The maximum atomic E-state index is 10.5. The molecule has 0 aromatic rings. The average Bonchev–Trinajstić information content (AvgIpc) is 1.99. The highest BCUT2D eigenvalue weighted by Crippen LogP contribution is 2.41. The molecule has 0 saturated carbocycles. The zero-order valence-electron chi connectivity index (χ0n) is 5.89. The second-order valence-electron chi connectivity index (χ2n) is 1.46. The van der Waals surface area contributed by atoms with E-state index in [1.807, 2.05) is 0 Å². The summed E-state index contributed by atoms with van der Waals surface area (Å²) in [5, 5.41) is 0. The Hall–Kier alpha value is -0.510. The van der Waals surface area contributed by atoms with Crippen LogP contribution in [0.25, 0.3) is 0 Å². The standard InChI is InChI=1S/C4H8NO5P/c1-9-11(7,8)10-3-2-5-4-6/h2-3H2,1H3,(H,7,8). The van der Waals surface area contributed by atoms with E-state index in [0.717, 1.165) is 7.11 Å². The molecule has 64 valence electrons. The van der Waals surface area contributed by atoms with Gasteiger partial charge in [0.1, 0.15) is 0 Å². The first-order chi connectivity index (χ1) is 5.12. The van der Waals surface area contributed by atoms with E-state index in [-0.39, 0.29) is 13.2 Å². The van der Waals surface area contributed by atoms with Gasteiger partial charge in [0.15, 0.2) is 0 Å². The molecule has 0 aromatic heterocycles. The van der Waals surface area contributed by atoms with Crippen LogP contribution in [-0.4, -0.2) is 31.2 Å². The third-order valence-electron chi connectivity index (χ3n) is 0.753. The van der Waals surface area contributed by atoms with Gasteiger partial charge >= 0.3 is 7.82 Å². The molecule has 11 heavy (non-hydrogen) atoms. The Labute approximate surface area is 63.5 Å². The molecule has 0 heterocycles. The predicted octanol–water partition coefficient (Wildman–Crippen LogP) is 0.0856. The van der Waals surface area contributed by atoms with Crippen LogP contribution < -0.4 is 0 Å². The first-order valence-electron chi connectivity index (χ1n) is 2.69. The molecule has 0 aliphatic carbocycles. The van der Waals surface area contributed by atoms with E-state index in [1.54, 1.807) is 0 Å². The average molecular weight is 181 g/mol. The Kier molecular flexibility index (Phi) is 4.94. The topological polar surface area (TPSA) is 85.2 Å². The van der Waals surface area contributed by atoms with Crippen molar-refractivity contribution >= 4 is 13.9 Å². The SMILES string of the molecule is COP(=O)(O)OCCN=C=O. The summed E-state index contributed by atoms with van der Waals surface area (Å²) in [5.41, 5.74) is 0. The van der Waals surface area contributed by atoms with Gasteiger partial charge in [0.25, 0.3) is 0 Å². The van der Waals surface area contributed by atoms with E-state index < -0.39 is 7.82 Å². The summed E-state index contributed by atoms with van der Waals surface area (Å²) in [4.78, 5) is 21.2. The molecule has 0 radical (unpaired) electrons. The first kappa shape index (κ1) is 10.5. The molecule has 1 N–H and O–H groups in total. The van der Waals surface area contributed by atoms with Crippen LogP contribution >= 0.6 is 7.82 Å². The highest BCUT2D eigenvalue weighted by atomic mass is 31.2. The summed E-state index contributed by atoms with van der Waals surface area (Å²) < 4.78 is 18.9. The molecule has 0 aromatic carbocycles. The number of hydrogen-bond donors (Lipinski definition) is 1. The molecular formula is C4H8NO5P. The summed E-state index contributed by atoms with van der Waals surface area (Å²) >= 11 is 0. The lowest BCUT2D eigenvalue weighted by molar-refractivity contribution is 0.177. The van der Waals surface area contributed by atoms with Crippen molar-refractivity contribution in [2.45, 2.75) is 0 Å². The lowest BCUT2D eigenvalue weighted by atomic mass is 10.7. The van der Waals surface area contributed by atoms with Crippen molar-refractivity contribution in [3.8, 4) is 0 Å². The van der Waals surface area contributed by atoms with Gasteiger partial charge in [-0.2, -0.15) is 0 Å². The zero-order valence-corrected chi connectivity index (χ0v) is 6.78. The monoisotopic (exact) mass is 181 g/mol. The fourth-order valence-electron chi connectivity index (χ4n) is 0.300. The van der Waals surface area contributed by atoms with Crippen LogP contribution in [0.2, 0.25) is 0 Å². The quantitative estimate of drug-likeness (QED) is 0.281. The smallest absolute Gasteiger partial charge is 0.303 e.